The third kappa shape index (κ3) is 5.23. The highest BCUT2D eigenvalue weighted by Crippen LogP contribution is 2.30. The molecule has 0 bridgehead atoms. The van der Waals surface area contributed by atoms with Gasteiger partial charge in [0.1, 0.15) is 23.1 Å². The predicted molar refractivity (Wildman–Crippen MR) is 120 cm³/mol. The molecule has 0 aliphatic carbocycles. The molecule has 1 unspecified atom stereocenters. The first-order valence-electron chi connectivity index (χ1n) is 9.97. The number of hydrogen-bond donors (Lipinski definition) is 1. The highest BCUT2D eigenvalue weighted by molar-refractivity contribution is 8.00. The van der Waals surface area contributed by atoms with E-state index in [9.17, 15) is 13.6 Å². The van der Waals surface area contributed by atoms with Gasteiger partial charge in [0.25, 0.3) is 0 Å². The number of carbonyl (C=O) groups excluding carboxylic acids is 1. The molecule has 33 heavy (non-hydrogen) atoms. The highest BCUT2D eigenvalue weighted by atomic mass is 32.2. The molecule has 0 saturated heterocycles. The Morgan fingerprint density at radius 3 is 2.79 bits per heavy atom. The molecule has 0 aliphatic rings. The summed E-state index contributed by atoms with van der Waals surface area (Å²) in [6.45, 7) is 1.98. The second-order valence-electron chi connectivity index (χ2n) is 7.08. The molecule has 170 valence electrons. The minimum absolute atomic E-state index is 0.221. The van der Waals surface area contributed by atoms with Gasteiger partial charge in [-0.1, -0.05) is 23.9 Å². The van der Waals surface area contributed by atoms with Crippen LogP contribution < -0.4 is 10.1 Å². The molecule has 1 amide bonds. The van der Waals surface area contributed by atoms with Crippen LogP contribution in [-0.2, 0) is 11.3 Å². The first-order valence-corrected chi connectivity index (χ1v) is 10.8. The van der Waals surface area contributed by atoms with Crippen molar-refractivity contribution in [1.29, 1.82) is 0 Å². The predicted octanol–water partition coefficient (Wildman–Crippen LogP) is 4.99. The summed E-state index contributed by atoms with van der Waals surface area (Å²) in [7, 11) is 1.58. The van der Waals surface area contributed by atoms with Gasteiger partial charge in [-0.05, 0) is 43.3 Å². The van der Waals surface area contributed by atoms with Crippen molar-refractivity contribution in [3.05, 3.63) is 78.3 Å². The topological polar surface area (TPSA) is 82.2 Å². The van der Waals surface area contributed by atoms with Crippen molar-refractivity contribution < 1.29 is 22.7 Å². The van der Waals surface area contributed by atoms with Crippen molar-refractivity contribution >= 4 is 23.4 Å². The van der Waals surface area contributed by atoms with Crippen LogP contribution in [0.4, 0.5) is 14.5 Å². The molecule has 2 aromatic heterocycles. The van der Waals surface area contributed by atoms with Crippen LogP contribution in [0.25, 0.3) is 11.4 Å². The summed E-state index contributed by atoms with van der Waals surface area (Å²) in [4.78, 5) is 12.7. The zero-order valence-electron chi connectivity index (χ0n) is 17.8. The Kier molecular flexibility index (Phi) is 6.74. The number of benzene rings is 2. The molecule has 1 atom stereocenters. The molecule has 0 fully saturated rings. The molecule has 0 spiro atoms. The number of nitrogens with one attached hydrogen (secondary N) is 1. The van der Waals surface area contributed by atoms with Crippen LogP contribution >= 0.6 is 11.8 Å². The van der Waals surface area contributed by atoms with Crippen molar-refractivity contribution in [2.75, 3.05) is 12.4 Å². The van der Waals surface area contributed by atoms with Crippen LogP contribution in [0.5, 0.6) is 5.75 Å². The van der Waals surface area contributed by atoms with Gasteiger partial charge in [0.15, 0.2) is 11.0 Å². The lowest BCUT2D eigenvalue weighted by Crippen LogP contribution is -2.23. The van der Waals surface area contributed by atoms with Crippen LogP contribution in [0.3, 0.4) is 0 Å². The van der Waals surface area contributed by atoms with E-state index in [1.165, 1.54) is 0 Å². The molecular weight excluding hydrogens is 450 g/mol. The van der Waals surface area contributed by atoms with E-state index in [2.05, 4.69) is 15.5 Å². The molecule has 0 aliphatic heterocycles. The molecule has 1 N–H and O–H groups in total. The second-order valence-corrected chi connectivity index (χ2v) is 8.39. The maximum atomic E-state index is 13.9. The van der Waals surface area contributed by atoms with E-state index in [4.69, 9.17) is 9.15 Å². The normalized spacial score (nSPS) is 11.9. The first-order chi connectivity index (χ1) is 15.9. The lowest BCUT2D eigenvalue weighted by atomic mass is 10.2. The number of nitrogens with zero attached hydrogens (tertiary/aromatic N) is 3. The summed E-state index contributed by atoms with van der Waals surface area (Å²) in [5.74, 6) is 0.0480. The molecule has 10 heteroatoms. The van der Waals surface area contributed by atoms with E-state index in [1.54, 1.807) is 26.4 Å². The molecule has 4 aromatic rings. The number of hydrogen-bond acceptors (Lipinski definition) is 6. The number of rotatable bonds is 8. The average molecular weight is 471 g/mol. The van der Waals surface area contributed by atoms with Crippen LogP contribution in [0.1, 0.15) is 12.7 Å². The second kappa shape index (κ2) is 9.86. The summed E-state index contributed by atoms with van der Waals surface area (Å²) in [5, 5.41) is 10.8. The van der Waals surface area contributed by atoms with Gasteiger partial charge in [0, 0.05) is 11.6 Å². The van der Waals surface area contributed by atoms with Crippen LogP contribution in [-0.4, -0.2) is 33.0 Å². The SMILES string of the molecule is COc1cccc(-c2nnc(SC(C)C(=O)Nc3cc(F)ccc3F)n2Cc2ccco2)c1. The Morgan fingerprint density at radius 1 is 1.18 bits per heavy atom. The third-order valence-electron chi connectivity index (χ3n) is 4.78. The molecule has 0 saturated carbocycles. The summed E-state index contributed by atoms with van der Waals surface area (Å²) in [6.07, 6.45) is 1.57. The largest absolute Gasteiger partial charge is 0.497 e. The monoisotopic (exact) mass is 470 g/mol. The standard InChI is InChI=1S/C23H20F2N4O3S/c1-14(22(30)26-20-12-16(24)8-9-19(20)25)33-23-28-27-21(15-5-3-6-17(11-15)31-2)29(23)13-18-7-4-10-32-18/h3-12,14H,13H2,1-2H3,(H,26,30). The fraction of sp³-hybridized carbons (Fsp3) is 0.174. The minimum atomic E-state index is -0.719. The number of methoxy groups -OCH3 is 1. The van der Waals surface area contributed by atoms with E-state index in [0.717, 1.165) is 35.5 Å². The van der Waals surface area contributed by atoms with Crippen LogP contribution in [0.2, 0.25) is 0 Å². The quantitative estimate of drug-likeness (QED) is 0.365. The summed E-state index contributed by atoms with van der Waals surface area (Å²) in [6, 6.07) is 13.9. The third-order valence-corrected chi connectivity index (χ3v) is 5.86. The Morgan fingerprint density at radius 2 is 2.03 bits per heavy atom. The number of aromatic nitrogens is 3. The maximum Gasteiger partial charge on any atom is 0.237 e. The number of carbonyl (C=O) groups is 1. The van der Waals surface area contributed by atoms with E-state index < -0.39 is 22.8 Å². The minimum Gasteiger partial charge on any atom is -0.497 e. The van der Waals surface area contributed by atoms with Gasteiger partial charge in [-0.15, -0.1) is 10.2 Å². The van der Waals surface area contributed by atoms with Crippen LogP contribution in [0, 0.1) is 11.6 Å². The Hall–Kier alpha value is -3.66. The molecule has 2 aromatic carbocycles. The average Bonchev–Trinajstić information content (AvgIpc) is 3.47. The van der Waals surface area contributed by atoms with Crippen molar-refractivity contribution in [3.8, 4) is 17.1 Å². The molecule has 2 heterocycles. The number of thioether (sulfide) groups is 1. The van der Waals surface area contributed by atoms with Crippen molar-refractivity contribution in [1.82, 2.24) is 14.8 Å². The van der Waals surface area contributed by atoms with E-state index in [-0.39, 0.29) is 5.69 Å². The number of anilines is 1. The zero-order valence-corrected chi connectivity index (χ0v) is 18.6. The number of amides is 1. The Labute approximate surface area is 192 Å². The molecule has 4 rings (SSSR count). The summed E-state index contributed by atoms with van der Waals surface area (Å²) >= 11 is 1.14. The van der Waals surface area contributed by atoms with Gasteiger partial charge in [-0.2, -0.15) is 0 Å². The van der Waals surface area contributed by atoms with Gasteiger partial charge < -0.3 is 14.5 Å². The van der Waals surface area contributed by atoms with E-state index in [0.29, 0.717) is 29.0 Å². The Bertz CT molecular complexity index is 1260. The maximum absolute atomic E-state index is 13.9. The van der Waals surface area contributed by atoms with E-state index >= 15 is 0 Å². The number of furan rings is 1. The van der Waals surface area contributed by atoms with Gasteiger partial charge in [0.05, 0.1) is 30.9 Å². The number of ether oxygens (including phenoxy) is 1. The van der Waals surface area contributed by atoms with E-state index in [1.807, 2.05) is 34.9 Å². The zero-order chi connectivity index (χ0) is 23.4. The summed E-state index contributed by atoms with van der Waals surface area (Å²) < 4.78 is 40.0. The lowest BCUT2D eigenvalue weighted by molar-refractivity contribution is -0.115. The Balaban J connectivity index is 1.60. The van der Waals surface area contributed by atoms with Gasteiger partial charge in [-0.25, -0.2) is 8.78 Å². The molecule has 7 nitrogen and oxygen atoms in total. The fourth-order valence-corrected chi connectivity index (χ4v) is 3.94. The molecular formula is C23H20F2N4O3S. The summed E-state index contributed by atoms with van der Waals surface area (Å²) in [5.41, 5.74) is 0.556. The van der Waals surface area contributed by atoms with Crippen molar-refractivity contribution in [2.24, 2.45) is 0 Å². The van der Waals surface area contributed by atoms with Gasteiger partial charge >= 0.3 is 0 Å². The van der Waals surface area contributed by atoms with Gasteiger partial charge in [-0.3, -0.25) is 9.36 Å². The van der Waals surface area contributed by atoms with Gasteiger partial charge in [0.2, 0.25) is 5.91 Å². The smallest absolute Gasteiger partial charge is 0.237 e. The van der Waals surface area contributed by atoms with Crippen molar-refractivity contribution in [3.63, 3.8) is 0 Å². The lowest BCUT2D eigenvalue weighted by Gasteiger charge is -2.14. The van der Waals surface area contributed by atoms with Crippen LogP contribution in [0.15, 0.2) is 70.4 Å². The first kappa shape index (κ1) is 22.5. The fourth-order valence-electron chi connectivity index (χ4n) is 3.09. The number of halogens is 2. The van der Waals surface area contributed by atoms with Crippen molar-refractivity contribution in [2.45, 2.75) is 23.9 Å². The molecule has 0 radical (unpaired) electrons. The highest BCUT2D eigenvalue weighted by Gasteiger charge is 2.22.